The molecule has 122 valence electrons. The molecule has 4 nitrogen and oxygen atoms in total. The molecule has 24 heavy (non-hydrogen) atoms. The number of nitrogens with zero attached hydrogens (tertiary/aromatic N) is 2. The van der Waals surface area contributed by atoms with Crippen molar-refractivity contribution in [2.24, 2.45) is 4.99 Å². The van der Waals surface area contributed by atoms with Crippen LogP contribution in [0.2, 0.25) is 0 Å². The predicted molar refractivity (Wildman–Crippen MR) is 85.5 cm³/mol. The van der Waals surface area contributed by atoms with Gasteiger partial charge in [-0.25, -0.2) is 0 Å². The summed E-state index contributed by atoms with van der Waals surface area (Å²) in [6.07, 6.45) is 3.68. The Labute approximate surface area is 137 Å². The minimum absolute atomic E-state index is 0.0463. The Balaban J connectivity index is 1.68. The van der Waals surface area contributed by atoms with Gasteiger partial charge in [0.1, 0.15) is 0 Å². The van der Waals surface area contributed by atoms with Gasteiger partial charge >= 0.3 is 6.29 Å². The van der Waals surface area contributed by atoms with Crippen LogP contribution in [0.25, 0.3) is 6.08 Å². The molecular weight excluding hydrogens is 314 g/mol. The fourth-order valence-electron chi connectivity index (χ4n) is 2.86. The van der Waals surface area contributed by atoms with Crippen molar-refractivity contribution in [3.05, 3.63) is 59.4 Å². The standard InChI is InChI=1S/C18H14F2N2O2/c19-18(20)23-15-6-5-12(10-16(15)24-18)9-13-3-2-8-22-17(13)14-4-1-7-21-11-14/h1,4-7,9-11H,2-3,8H2. The van der Waals surface area contributed by atoms with Gasteiger partial charge in [0.05, 0.1) is 5.71 Å². The minimum Gasteiger partial charge on any atom is -0.395 e. The van der Waals surface area contributed by atoms with Crippen molar-refractivity contribution < 1.29 is 18.3 Å². The molecular formula is C18H14F2N2O2. The summed E-state index contributed by atoms with van der Waals surface area (Å²) in [5.74, 6) is 0.0944. The first-order valence-corrected chi connectivity index (χ1v) is 7.66. The molecule has 2 aromatic rings. The van der Waals surface area contributed by atoms with Crippen LogP contribution in [0.3, 0.4) is 0 Å². The van der Waals surface area contributed by atoms with Crippen LogP contribution in [0.1, 0.15) is 24.0 Å². The third kappa shape index (κ3) is 2.87. The molecule has 4 rings (SSSR count). The average Bonchev–Trinajstić information content (AvgIpc) is 2.89. The highest BCUT2D eigenvalue weighted by atomic mass is 19.3. The molecule has 0 spiro atoms. The van der Waals surface area contributed by atoms with Crippen molar-refractivity contribution in [2.75, 3.05) is 6.54 Å². The minimum atomic E-state index is -3.60. The maximum atomic E-state index is 13.1. The number of hydrogen-bond donors (Lipinski definition) is 0. The van der Waals surface area contributed by atoms with Gasteiger partial charge in [0, 0.05) is 24.5 Å². The van der Waals surface area contributed by atoms with Crippen molar-refractivity contribution >= 4 is 11.8 Å². The van der Waals surface area contributed by atoms with Gasteiger partial charge in [0.15, 0.2) is 11.5 Å². The van der Waals surface area contributed by atoms with E-state index in [4.69, 9.17) is 0 Å². The topological polar surface area (TPSA) is 43.7 Å². The quantitative estimate of drug-likeness (QED) is 0.835. The number of halogens is 2. The second-order valence-corrected chi connectivity index (χ2v) is 5.62. The molecule has 1 aromatic carbocycles. The monoisotopic (exact) mass is 328 g/mol. The SMILES string of the molecule is FC1(F)Oc2ccc(C=C3CCCN=C3c3cccnc3)cc2O1. The lowest BCUT2D eigenvalue weighted by molar-refractivity contribution is -0.286. The summed E-state index contributed by atoms with van der Waals surface area (Å²) in [7, 11) is 0. The average molecular weight is 328 g/mol. The molecule has 0 N–H and O–H groups in total. The smallest absolute Gasteiger partial charge is 0.395 e. The molecule has 2 aliphatic rings. The van der Waals surface area contributed by atoms with Gasteiger partial charge in [0.25, 0.3) is 0 Å². The van der Waals surface area contributed by atoms with Crippen LogP contribution >= 0.6 is 0 Å². The highest BCUT2D eigenvalue weighted by molar-refractivity contribution is 6.15. The Bertz CT molecular complexity index is 832. The first-order chi connectivity index (χ1) is 11.6. The number of hydrogen-bond acceptors (Lipinski definition) is 4. The third-order valence-corrected chi connectivity index (χ3v) is 3.88. The van der Waals surface area contributed by atoms with E-state index in [-0.39, 0.29) is 11.5 Å². The van der Waals surface area contributed by atoms with E-state index in [1.165, 1.54) is 6.07 Å². The maximum absolute atomic E-state index is 13.1. The van der Waals surface area contributed by atoms with E-state index in [1.807, 2.05) is 18.2 Å². The summed E-state index contributed by atoms with van der Waals surface area (Å²) >= 11 is 0. The van der Waals surface area contributed by atoms with Crippen LogP contribution in [0, 0.1) is 0 Å². The molecule has 0 saturated carbocycles. The van der Waals surface area contributed by atoms with Crippen molar-refractivity contribution in [2.45, 2.75) is 19.1 Å². The Morgan fingerprint density at radius 1 is 1.12 bits per heavy atom. The number of aliphatic imine (C=N–C) groups is 1. The Kier molecular flexibility index (Phi) is 3.52. The van der Waals surface area contributed by atoms with Gasteiger partial charge in [-0.05, 0) is 54.3 Å². The fourth-order valence-corrected chi connectivity index (χ4v) is 2.86. The van der Waals surface area contributed by atoms with Gasteiger partial charge in [-0.3, -0.25) is 9.98 Å². The zero-order chi connectivity index (χ0) is 16.6. The summed E-state index contributed by atoms with van der Waals surface area (Å²) in [5.41, 5.74) is 3.68. The van der Waals surface area contributed by atoms with Crippen LogP contribution in [0.4, 0.5) is 8.78 Å². The van der Waals surface area contributed by atoms with Crippen LogP contribution < -0.4 is 9.47 Å². The number of allylic oxidation sites excluding steroid dienone is 1. The molecule has 0 fully saturated rings. The van der Waals surface area contributed by atoms with Crippen LogP contribution in [-0.4, -0.2) is 23.5 Å². The molecule has 0 aliphatic carbocycles. The van der Waals surface area contributed by atoms with Crippen molar-refractivity contribution in [1.82, 2.24) is 4.98 Å². The van der Waals surface area contributed by atoms with Gasteiger partial charge in [-0.1, -0.05) is 6.07 Å². The normalized spacial score (nSPS) is 20.1. The summed E-state index contributed by atoms with van der Waals surface area (Å²) in [5, 5.41) is 0. The zero-order valence-electron chi connectivity index (χ0n) is 12.7. The summed E-state index contributed by atoms with van der Waals surface area (Å²) in [6.45, 7) is 0.773. The van der Waals surface area contributed by atoms with E-state index in [1.54, 1.807) is 24.5 Å². The molecule has 0 unspecified atom stereocenters. The lowest BCUT2D eigenvalue weighted by Gasteiger charge is -2.16. The summed E-state index contributed by atoms with van der Waals surface area (Å²) in [4.78, 5) is 8.74. The highest BCUT2D eigenvalue weighted by Gasteiger charge is 2.43. The van der Waals surface area contributed by atoms with Gasteiger partial charge in [0.2, 0.25) is 0 Å². The van der Waals surface area contributed by atoms with Crippen molar-refractivity contribution in [3.8, 4) is 11.5 Å². The van der Waals surface area contributed by atoms with Crippen LogP contribution in [0.15, 0.2) is 53.3 Å². The number of fused-ring (bicyclic) bond motifs is 1. The van der Waals surface area contributed by atoms with Crippen LogP contribution in [0.5, 0.6) is 11.5 Å². The van der Waals surface area contributed by atoms with Crippen molar-refractivity contribution in [1.29, 1.82) is 0 Å². The molecule has 1 aromatic heterocycles. The number of alkyl halides is 2. The third-order valence-electron chi connectivity index (χ3n) is 3.88. The molecule has 3 heterocycles. The van der Waals surface area contributed by atoms with E-state index in [0.29, 0.717) is 0 Å². The second kappa shape index (κ2) is 5.70. The van der Waals surface area contributed by atoms with Gasteiger partial charge in [-0.15, -0.1) is 8.78 Å². The van der Waals surface area contributed by atoms with E-state index in [0.717, 1.165) is 41.8 Å². The maximum Gasteiger partial charge on any atom is 0.586 e. The molecule has 6 heteroatoms. The number of aromatic nitrogens is 1. The van der Waals surface area contributed by atoms with Gasteiger partial charge < -0.3 is 9.47 Å². The summed E-state index contributed by atoms with van der Waals surface area (Å²) < 4.78 is 35.2. The van der Waals surface area contributed by atoms with E-state index in [2.05, 4.69) is 19.5 Å². The number of pyridine rings is 1. The number of ether oxygens (including phenoxy) is 2. The summed E-state index contributed by atoms with van der Waals surface area (Å²) in [6, 6.07) is 8.61. The molecule has 0 radical (unpaired) electrons. The van der Waals surface area contributed by atoms with Crippen LogP contribution in [-0.2, 0) is 0 Å². The lowest BCUT2D eigenvalue weighted by atomic mass is 9.95. The number of benzene rings is 1. The first kappa shape index (κ1) is 14.8. The number of rotatable bonds is 2. The predicted octanol–water partition coefficient (Wildman–Crippen LogP) is 4.07. The molecule has 2 aliphatic heterocycles. The van der Waals surface area contributed by atoms with Crippen molar-refractivity contribution in [3.63, 3.8) is 0 Å². The lowest BCUT2D eigenvalue weighted by Crippen LogP contribution is -2.25. The van der Waals surface area contributed by atoms with E-state index in [9.17, 15) is 8.78 Å². The highest BCUT2D eigenvalue weighted by Crippen LogP contribution is 2.41. The zero-order valence-corrected chi connectivity index (χ0v) is 12.7. The van der Waals surface area contributed by atoms with E-state index >= 15 is 0 Å². The molecule has 0 saturated heterocycles. The largest absolute Gasteiger partial charge is 0.586 e. The second-order valence-electron chi connectivity index (χ2n) is 5.62. The molecule has 0 bridgehead atoms. The Hall–Kier alpha value is -2.76. The van der Waals surface area contributed by atoms with Gasteiger partial charge in [-0.2, -0.15) is 0 Å². The molecule has 0 amide bonds. The Morgan fingerprint density at radius 3 is 2.83 bits per heavy atom. The first-order valence-electron chi connectivity index (χ1n) is 7.66. The molecule has 0 atom stereocenters. The Morgan fingerprint density at radius 2 is 2.00 bits per heavy atom. The fraction of sp³-hybridized carbons (Fsp3) is 0.222. The van der Waals surface area contributed by atoms with E-state index < -0.39 is 6.29 Å².